The lowest BCUT2D eigenvalue weighted by molar-refractivity contribution is 0.0951. The van der Waals surface area contributed by atoms with E-state index in [0.29, 0.717) is 17.8 Å². The van der Waals surface area contributed by atoms with Crippen LogP contribution in [0, 0.1) is 17.5 Å². The van der Waals surface area contributed by atoms with Crippen molar-refractivity contribution in [1.82, 2.24) is 14.3 Å². The minimum Gasteiger partial charge on any atom is -0.348 e. The molecule has 0 aliphatic carbocycles. The maximum Gasteiger partial charge on any atom is 0.264 e. The molecule has 0 saturated carbocycles. The Balaban J connectivity index is 1.59. The van der Waals surface area contributed by atoms with Gasteiger partial charge < -0.3 is 10.0 Å². The average Bonchev–Trinajstić information content (AvgIpc) is 3.21. The third-order valence-electron chi connectivity index (χ3n) is 4.60. The Kier molecular flexibility index (Phi) is 6.32. The number of hydrogen-bond donors (Lipinski definition) is 3. The highest BCUT2D eigenvalue weighted by Gasteiger charge is 2.30. The van der Waals surface area contributed by atoms with Crippen LogP contribution in [0.1, 0.15) is 15.9 Å². The molecule has 2 aromatic rings. The molecule has 2 aliphatic heterocycles. The molecular weight excluding hydrogens is 501 g/mol. The molecule has 33 heavy (non-hydrogen) atoms. The topological polar surface area (TPSA) is 90.5 Å². The zero-order chi connectivity index (χ0) is 23.8. The fraction of sp³-hybridized carbons (Fsp3) is 0.0500. The summed E-state index contributed by atoms with van der Waals surface area (Å²) in [6.07, 6.45) is 6.12. The van der Waals surface area contributed by atoms with E-state index in [0.717, 1.165) is 0 Å². The maximum atomic E-state index is 13.9. The standard InChI is InChI=1S/C20H14ClF3N4O3S2/c21-11-3-4-13(20(29)25-9-14-15(23)7-12(22)8-16(14)24)17(6-11)27-33(30,31)19-2-1-5-28-18(19)10-26-32-28/h1-8,10,26-27H,9H2,(H,25,29). The molecule has 3 N–H and O–H groups in total. The molecule has 0 unspecified atom stereocenters. The van der Waals surface area contributed by atoms with Crippen LogP contribution in [-0.2, 0) is 16.6 Å². The summed E-state index contributed by atoms with van der Waals surface area (Å²) in [7, 11) is -4.15. The van der Waals surface area contributed by atoms with E-state index in [1.54, 1.807) is 16.6 Å². The normalized spacial score (nSPS) is 14.8. The Labute approximate surface area is 196 Å². The molecule has 0 atom stereocenters. The fourth-order valence-corrected chi connectivity index (χ4v) is 5.21. The predicted octanol–water partition coefficient (Wildman–Crippen LogP) is 4.15. The number of benzene rings is 2. The van der Waals surface area contributed by atoms with E-state index in [-0.39, 0.29) is 21.2 Å². The fourth-order valence-electron chi connectivity index (χ4n) is 3.07. The number of carbonyl (C=O) groups is 1. The monoisotopic (exact) mass is 514 g/mol. The number of nitrogens with one attached hydrogen (secondary N) is 3. The van der Waals surface area contributed by atoms with E-state index in [4.69, 9.17) is 11.6 Å². The van der Waals surface area contributed by atoms with Gasteiger partial charge >= 0.3 is 0 Å². The highest BCUT2D eigenvalue weighted by atomic mass is 35.5. The van der Waals surface area contributed by atoms with Gasteiger partial charge in [0.1, 0.15) is 22.4 Å². The minimum absolute atomic E-state index is 0.0516. The lowest BCUT2D eigenvalue weighted by atomic mass is 10.1. The molecule has 0 radical (unpaired) electrons. The Hall–Kier alpha value is -3.09. The van der Waals surface area contributed by atoms with E-state index in [1.165, 1.54) is 42.6 Å². The number of sulfonamides is 1. The maximum absolute atomic E-state index is 13.9. The second-order valence-corrected chi connectivity index (χ2v) is 9.66. The van der Waals surface area contributed by atoms with Crippen molar-refractivity contribution in [1.29, 1.82) is 0 Å². The molecule has 0 spiro atoms. The summed E-state index contributed by atoms with van der Waals surface area (Å²) in [6, 6.07) is 4.85. The largest absolute Gasteiger partial charge is 0.348 e. The van der Waals surface area contributed by atoms with Crippen LogP contribution in [0.25, 0.3) is 0 Å². The summed E-state index contributed by atoms with van der Waals surface area (Å²) in [5.41, 5.74) is -0.438. The van der Waals surface area contributed by atoms with Gasteiger partial charge in [-0.3, -0.25) is 13.8 Å². The Bertz CT molecular complexity index is 1320. The summed E-state index contributed by atoms with van der Waals surface area (Å²) in [5, 5.41) is 2.45. The summed E-state index contributed by atoms with van der Waals surface area (Å²) in [5.74, 6) is -4.25. The van der Waals surface area contributed by atoms with E-state index in [1.807, 2.05) is 0 Å². The Morgan fingerprint density at radius 1 is 1.15 bits per heavy atom. The van der Waals surface area contributed by atoms with Crippen LogP contribution in [-0.4, -0.2) is 18.6 Å². The van der Waals surface area contributed by atoms with Gasteiger partial charge in [0.05, 0.1) is 29.1 Å². The van der Waals surface area contributed by atoms with Crippen LogP contribution >= 0.6 is 23.7 Å². The Morgan fingerprint density at radius 3 is 2.61 bits per heavy atom. The molecule has 2 heterocycles. The SMILES string of the molecule is O=C(NCc1c(F)cc(F)cc1F)c1ccc(Cl)cc1NS(=O)(=O)C1=CC=CN2SNC=C12. The van der Waals surface area contributed by atoms with Gasteiger partial charge in [0.25, 0.3) is 15.9 Å². The number of carbonyl (C=O) groups excluding carboxylic acids is 1. The lowest BCUT2D eigenvalue weighted by Crippen LogP contribution is -2.27. The first-order valence-electron chi connectivity index (χ1n) is 9.20. The van der Waals surface area contributed by atoms with Crippen molar-refractivity contribution < 1.29 is 26.4 Å². The molecule has 7 nitrogen and oxygen atoms in total. The molecular formula is C20H14ClF3N4O3S2. The summed E-state index contributed by atoms with van der Waals surface area (Å²) < 4.78 is 73.7. The second kappa shape index (κ2) is 9.04. The molecule has 0 aromatic heterocycles. The van der Waals surface area contributed by atoms with E-state index < -0.39 is 45.5 Å². The number of hydrogen-bond acceptors (Lipinski definition) is 6. The van der Waals surface area contributed by atoms with Crippen LogP contribution in [0.4, 0.5) is 18.9 Å². The van der Waals surface area contributed by atoms with Gasteiger partial charge in [0.2, 0.25) is 0 Å². The van der Waals surface area contributed by atoms with Crippen LogP contribution in [0.3, 0.4) is 0 Å². The van der Waals surface area contributed by atoms with E-state index in [9.17, 15) is 26.4 Å². The van der Waals surface area contributed by atoms with Crippen molar-refractivity contribution in [3.05, 3.63) is 99.1 Å². The highest BCUT2D eigenvalue weighted by Crippen LogP contribution is 2.34. The Morgan fingerprint density at radius 2 is 1.88 bits per heavy atom. The van der Waals surface area contributed by atoms with Gasteiger partial charge in [0, 0.05) is 41.7 Å². The summed E-state index contributed by atoms with van der Waals surface area (Å²) >= 11 is 7.17. The molecule has 4 rings (SSSR count). The van der Waals surface area contributed by atoms with Crippen molar-refractivity contribution >= 4 is 45.4 Å². The zero-order valence-electron chi connectivity index (χ0n) is 16.4. The van der Waals surface area contributed by atoms with Crippen LogP contribution in [0.5, 0.6) is 0 Å². The van der Waals surface area contributed by atoms with Gasteiger partial charge in [0.15, 0.2) is 0 Å². The number of anilines is 1. The first kappa shape index (κ1) is 23.1. The molecule has 0 saturated heterocycles. The van der Waals surface area contributed by atoms with Gasteiger partial charge in [-0.2, -0.15) is 0 Å². The zero-order valence-corrected chi connectivity index (χ0v) is 18.8. The van der Waals surface area contributed by atoms with Gasteiger partial charge in [-0.25, -0.2) is 21.6 Å². The number of allylic oxidation sites excluding steroid dienone is 2. The average molecular weight is 515 g/mol. The summed E-state index contributed by atoms with van der Waals surface area (Å²) in [4.78, 5) is 12.7. The number of rotatable bonds is 6. The lowest BCUT2D eigenvalue weighted by Gasteiger charge is -2.21. The summed E-state index contributed by atoms with van der Waals surface area (Å²) in [6.45, 7) is -0.591. The molecule has 2 aromatic carbocycles. The van der Waals surface area contributed by atoms with Crippen LogP contribution in [0.15, 0.2) is 65.5 Å². The van der Waals surface area contributed by atoms with Gasteiger partial charge in [-0.05, 0) is 30.4 Å². The predicted molar refractivity (Wildman–Crippen MR) is 119 cm³/mol. The first-order chi connectivity index (χ1) is 15.7. The first-order valence-corrected chi connectivity index (χ1v) is 11.8. The van der Waals surface area contributed by atoms with Crippen LogP contribution < -0.4 is 14.8 Å². The van der Waals surface area contributed by atoms with Crippen LogP contribution in [0.2, 0.25) is 5.02 Å². The van der Waals surface area contributed by atoms with Gasteiger partial charge in [-0.15, -0.1) is 0 Å². The molecule has 1 amide bonds. The van der Waals surface area contributed by atoms with E-state index >= 15 is 0 Å². The van der Waals surface area contributed by atoms with Gasteiger partial charge in [-0.1, -0.05) is 11.6 Å². The van der Waals surface area contributed by atoms with Crippen molar-refractivity contribution in [2.45, 2.75) is 6.54 Å². The molecule has 172 valence electrons. The number of amides is 1. The minimum atomic E-state index is -4.15. The van der Waals surface area contributed by atoms with Crippen molar-refractivity contribution in [2.75, 3.05) is 4.72 Å². The number of halogens is 4. The smallest absolute Gasteiger partial charge is 0.264 e. The van der Waals surface area contributed by atoms with E-state index in [2.05, 4.69) is 14.8 Å². The highest BCUT2D eigenvalue weighted by molar-refractivity contribution is 7.97. The third-order valence-corrected chi connectivity index (χ3v) is 6.98. The van der Waals surface area contributed by atoms with Crippen molar-refractivity contribution in [3.8, 4) is 0 Å². The molecule has 0 fully saturated rings. The van der Waals surface area contributed by atoms with Crippen molar-refractivity contribution in [2.24, 2.45) is 0 Å². The number of nitrogens with zero attached hydrogens (tertiary/aromatic N) is 1. The molecule has 13 heteroatoms. The molecule has 2 aliphatic rings. The molecule has 0 bridgehead atoms. The third kappa shape index (κ3) is 4.82. The van der Waals surface area contributed by atoms with Crippen molar-refractivity contribution in [3.63, 3.8) is 0 Å². The number of fused-ring (bicyclic) bond motifs is 1. The quantitative estimate of drug-likeness (QED) is 0.502. The second-order valence-electron chi connectivity index (χ2n) is 6.76.